The van der Waals surface area contributed by atoms with Crippen molar-refractivity contribution < 1.29 is 19.2 Å². The number of methoxy groups -OCH3 is 1. The number of benzene rings is 2. The summed E-state index contributed by atoms with van der Waals surface area (Å²) in [6.07, 6.45) is 0.414. The summed E-state index contributed by atoms with van der Waals surface area (Å²) in [5.41, 5.74) is 3.48. The third-order valence-corrected chi connectivity index (χ3v) is 6.33. The highest BCUT2D eigenvalue weighted by Gasteiger charge is 2.48. The van der Waals surface area contributed by atoms with Gasteiger partial charge >= 0.3 is 0 Å². The third kappa shape index (κ3) is 3.13. The average molecular weight is 434 g/mol. The van der Waals surface area contributed by atoms with Gasteiger partial charge in [-0.05, 0) is 29.3 Å². The number of ether oxygens (including phenoxy) is 1. The molecule has 32 heavy (non-hydrogen) atoms. The van der Waals surface area contributed by atoms with E-state index in [9.17, 15) is 19.7 Å². The van der Waals surface area contributed by atoms with Crippen LogP contribution in [0.2, 0.25) is 0 Å². The minimum absolute atomic E-state index is 0.0161. The number of nitro benzene ring substituents is 1. The monoisotopic (exact) mass is 434 g/mol. The lowest BCUT2D eigenvalue weighted by Crippen LogP contribution is -2.63. The van der Waals surface area contributed by atoms with Gasteiger partial charge in [0.2, 0.25) is 11.8 Å². The van der Waals surface area contributed by atoms with Crippen LogP contribution >= 0.6 is 0 Å². The molecule has 9 nitrogen and oxygen atoms in total. The van der Waals surface area contributed by atoms with Crippen LogP contribution in [0.1, 0.15) is 22.9 Å². The number of nitrogens with zero attached hydrogens (tertiary/aromatic N) is 3. The highest BCUT2D eigenvalue weighted by atomic mass is 16.6. The first-order chi connectivity index (χ1) is 15.5. The van der Waals surface area contributed by atoms with Crippen LogP contribution in [0.5, 0.6) is 0 Å². The molecule has 2 aliphatic heterocycles. The fraction of sp³-hybridized carbons (Fsp3) is 0.304. The number of amides is 2. The Morgan fingerprint density at radius 1 is 1.16 bits per heavy atom. The number of non-ortho nitro benzene ring substituents is 1. The van der Waals surface area contributed by atoms with Crippen molar-refractivity contribution >= 4 is 28.4 Å². The van der Waals surface area contributed by atoms with Crippen molar-refractivity contribution in [2.75, 3.05) is 26.8 Å². The topological polar surface area (TPSA) is 109 Å². The van der Waals surface area contributed by atoms with Crippen LogP contribution in [0.3, 0.4) is 0 Å². The second-order valence-electron chi connectivity index (χ2n) is 8.09. The third-order valence-electron chi connectivity index (χ3n) is 6.33. The number of fused-ring (bicyclic) bond motifs is 4. The Morgan fingerprint density at radius 3 is 2.62 bits per heavy atom. The molecule has 3 heterocycles. The summed E-state index contributed by atoms with van der Waals surface area (Å²) >= 11 is 0. The Kier molecular flexibility index (Phi) is 4.90. The van der Waals surface area contributed by atoms with E-state index in [1.165, 1.54) is 12.1 Å². The molecule has 0 unspecified atom stereocenters. The van der Waals surface area contributed by atoms with E-state index in [4.69, 9.17) is 4.74 Å². The van der Waals surface area contributed by atoms with E-state index in [-0.39, 0.29) is 24.0 Å². The van der Waals surface area contributed by atoms with Crippen molar-refractivity contribution in [2.24, 2.45) is 0 Å². The van der Waals surface area contributed by atoms with E-state index < -0.39 is 17.0 Å². The number of nitrogens with one attached hydrogen (secondary N) is 1. The first-order valence-electron chi connectivity index (χ1n) is 10.4. The number of aromatic nitrogens is 1. The highest BCUT2D eigenvalue weighted by molar-refractivity contribution is 5.97. The molecule has 164 valence electrons. The van der Waals surface area contributed by atoms with E-state index in [2.05, 4.69) is 4.98 Å². The van der Waals surface area contributed by atoms with Crippen molar-refractivity contribution in [1.29, 1.82) is 0 Å². The van der Waals surface area contributed by atoms with Crippen LogP contribution in [0.4, 0.5) is 5.69 Å². The lowest BCUT2D eigenvalue weighted by molar-refractivity contribution is -0.384. The van der Waals surface area contributed by atoms with Crippen molar-refractivity contribution in [3.63, 3.8) is 0 Å². The molecule has 0 saturated carbocycles. The van der Waals surface area contributed by atoms with E-state index >= 15 is 0 Å². The van der Waals surface area contributed by atoms with Gasteiger partial charge in [0.05, 0.1) is 24.1 Å². The number of rotatable bonds is 5. The molecule has 2 aliphatic rings. The Balaban J connectivity index is 1.65. The van der Waals surface area contributed by atoms with Crippen LogP contribution in [-0.2, 0) is 20.7 Å². The van der Waals surface area contributed by atoms with Gasteiger partial charge in [0, 0.05) is 48.8 Å². The fourth-order valence-corrected chi connectivity index (χ4v) is 4.84. The second kappa shape index (κ2) is 7.76. The summed E-state index contributed by atoms with van der Waals surface area (Å²) in [5, 5.41) is 12.1. The molecule has 3 aromatic rings. The molecule has 2 amide bonds. The summed E-state index contributed by atoms with van der Waals surface area (Å²) in [5.74, 6) is -0.261. The predicted octanol–water partition coefficient (Wildman–Crippen LogP) is 2.41. The lowest BCUT2D eigenvalue weighted by atomic mass is 9.86. The SMILES string of the molecule is COCCN1CC(=O)N2[C@@H](c3ccc([N+](=O)[O-])cc3)c3[nH]c4ccccc4c3C[C@@H]2C1=O. The average Bonchev–Trinajstić information content (AvgIpc) is 3.17. The normalized spacial score (nSPS) is 20.4. The number of hydrogen-bond acceptors (Lipinski definition) is 5. The van der Waals surface area contributed by atoms with Gasteiger partial charge in [-0.2, -0.15) is 0 Å². The zero-order valence-corrected chi connectivity index (χ0v) is 17.5. The number of piperazine rings is 1. The molecule has 1 saturated heterocycles. The summed E-state index contributed by atoms with van der Waals surface area (Å²) in [7, 11) is 1.56. The van der Waals surface area contributed by atoms with E-state index in [0.717, 1.165) is 27.7 Å². The molecular formula is C23H22N4O5. The minimum atomic E-state index is -0.639. The van der Waals surface area contributed by atoms with Gasteiger partial charge in [0.25, 0.3) is 5.69 Å². The zero-order chi connectivity index (χ0) is 22.4. The van der Waals surface area contributed by atoms with Gasteiger partial charge in [-0.3, -0.25) is 19.7 Å². The van der Waals surface area contributed by atoms with Gasteiger partial charge in [-0.1, -0.05) is 18.2 Å². The van der Waals surface area contributed by atoms with Gasteiger partial charge in [-0.15, -0.1) is 0 Å². The molecule has 2 aromatic carbocycles. The van der Waals surface area contributed by atoms with E-state index in [1.807, 2.05) is 24.3 Å². The molecule has 0 radical (unpaired) electrons. The van der Waals surface area contributed by atoms with Crippen molar-refractivity contribution in [1.82, 2.24) is 14.8 Å². The van der Waals surface area contributed by atoms with Crippen molar-refractivity contribution in [3.05, 3.63) is 75.5 Å². The highest BCUT2D eigenvalue weighted by Crippen LogP contribution is 2.42. The number of para-hydroxylation sites is 1. The molecule has 1 fully saturated rings. The zero-order valence-electron chi connectivity index (χ0n) is 17.5. The second-order valence-corrected chi connectivity index (χ2v) is 8.09. The Labute approximate surface area is 183 Å². The van der Waals surface area contributed by atoms with Gasteiger partial charge in [-0.25, -0.2) is 0 Å². The maximum absolute atomic E-state index is 13.4. The number of aromatic amines is 1. The number of hydrogen-bond donors (Lipinski definition) is 1. The molecule has 0 bridgehead atoms. The smallest absolute Gasteiger partial charge is 0.269 e. The lowest BCUT2D eigenvalue weighted by Gasteiger charge is -2.47. The van der Waals surface area contributed by atoms with Crippen molar-refractivity contribution in [3.8, 4) is 0 Å². The first-order valence-corrected chi connectivity index (χ1v) is 10.4. The van der Waals surface area contributed by atoms with E-state index in [0.29, 0.717) is 19.6 Å². The molecular weight excluding hydrogens is 412 g/mol. The van der Waals surface area contributed by atoms with Crippen LogP contribution in [-0.4, -0.2) is 64.4 Å². The van der Waals surface area contributed by atoms with Crippen LogP contribution in [0, 0.1) is 10.1 Å². The largest absolute Gasteiger partial charge is 0.383 e. The summed E-state index contributed by atoms with van der Waals surface area (Å²) in [6.45, 7) is 0.696. The van der Waals surface area contributed by atoms with E-state index in [1.54, 1.807) is 29.0 Å². The van der Waals surface area contributed by atoms with Gasteiger partial charge < -0.3 is 19.5 Å². The number of carbonyl (C=O) groups is 2. The maximum atomic E-state index is 13.4. The van der Waals surface area contributed by atoms with Crippen molar-refractivity contribution in [2.45, 2.75) is 18.5 Å². The Morgan fingerprint density at radius 2 is 1.91 bits per heavy atom. The fourth-order valence-electron chi connectivity index (χ4n) is 4.84. The quantitative estimate of drug-likeness (QED) is 0.490. The van der Waals surface area contributed by atoms with Gasteiger partial charge in [0.1, 0.15) is 6.04 Å². The number of carbonyl (C=O) groups excluding carboxylic acids is 2. The number of H-pyrrole nitrogens is 1. The molecule has 1 aromatic heterocycles. The first kappa shape index (κ1) is 20.2. The molecule has 9 heteroatoms. The Bertz CT molecular complexity index is 1220. The molecule has 1 N–H and O–H groups in total. The molecule has 0 spiro atoms. The number of nitro groups is 1. The van der Waals surface area contributed by atoms with Gasteiger partial charge in [0.15, 0.2) is 0 Å². The predicted molar refractivity (Wildman–Crippen MR) is 116 cm³/mol. The minimum Gasteiger partial charge on any atom is -0.383 e. The molecule has 2 atom stereocenters. The summed E-state index contributed by atoms with van der Waals surface area (Å²) in [6, 6.07) is 12.9. The van der Waals surface area contributed by atoms with Crippen LogP contribution in [0.25, 0.3) is 10.9 Å². The van der Waals surface area contributed by atoms with Crippen LogP contribution < -0.4 is 0 Å². The summed E-state index contributed by atoms with van der Waals surface area (Å²) < 4.78 is 5.11. The maximum Gasteiger partial charge on any atom is 0.269 e. The molecule has 0 aliphatic carbocycles. The summed E-state index contributed by atoms with van der Waals surface area (Å²) in [4.78, 5) is 44.0. The van der Waals surface area contributed by atoms with Crippen LogP contribution in [0.15, 0.2) is 48.5 Å². The molecule has 5 rings (SSSR count). The Hall–Kier alpha value is -3.72. The standard InChI is InChI=1S/C23H22N4O5/c1-32-11-10-25-13-20(28)26-19(23(25)29)12-17-16-4-2-3-5-18(16)24-21(17)22(26)14-6-8-15(9-7-14)27(30)31/h2-9,19,22,24H,10-13H2,1H3/t19-,22+/m1/s1.